The minimum atomic E-state index is -1.55. The van der Waals surface area contributed by atoms with Gasteiger partial charge < -0.3 is 11.1 Å². The first-order valence-electron chi connectivity index (χ1n) is 8.57. The molecule has 3 unspecified atom stereocenters. The molecule has 1 aliphatic rings. The third-order valence-corrected chi connectivity index (χ3v) is 6.12. The molecule has 1 fully saturated rings. The second-order valence-electron chi connectivity index (χ2n) is 6.86. The third kappa shape index (κ3) is 3.30. The van der Waals surface area contributed by atoms with Crippen LogP contribution in [0, 0.1) is 0 Å². The van der Waals surface area contributed by atoms with Gasteiger partial charge in [0.1, 0.15) is 21.4 Å². The van der Waals surface area contributed by atoms with E-state index in [2.05, 4.69) is 20.4 Å². The lowest BCUT2D eigenvalue weighted by Crippen LogP contribution is -2.60. The van der Waals surface area contributed by atoms with E-state index in [-0.39, 0.29) is 5.01 Å². The number of carbonyl (C=O) groups excluding carboxylic acids is 1. The third-order valence-electron chi connectivity index (χ3n) is 4.87. The summed E-state index contributed by atoms with van der Waals surface area (Å²) in [6, 6.07) is 2.38. The Bertz CT molecular complexity index is 1000. The number of carbonyl (C=O) groups is 1. The number of hydrogen-bond donors (Lipinski definition) is 2. The van der Waals surface area contributed by atoms with Gasteiger partial charge in [-0.3, -0.25) is 4.79 Å². The topological polar surface area (TPSA) is 98.2 Å². The van der Waals surface area contributed by atoms with Gasteiger partial charge in [-0.1, -0.05) is 22.9 Å². The van der Waals surface area contributed by atoms with Crippen LogP contribution in [0.25, 0.3) is 17.0 Å². The molecule has 27 heavy (non-hydrogen) atoms. The molecule has 3 heterocycles. The van der Waals surface area contributed by atoms with Crippen LogP contribution in [0.15, 0.2) is 24.5 Å². The van der Waals surface area contributed by atoms with Crippen LogP contribution in [0.2, 0.25) is 4.34 Å². The van der Waals surface area contributed by atoms with E-state index in [1.54, 1.807) is 29.0 Å². The van der Waals surface area contributed by atoms with E-state index in [1.165, 1.54) is 6.92 Å². The molecule has 3 atom stereocenters. The fourth-order valence-corrected chi connectivity index (χ4v) is 4.52. The number of nitrogens with two attached hydrogens (primary N) is 1. The lowest BCUT2D eigenvalue weighted by molar-refractivity contribution is 0.0579. The number of nitrogens with one attached hydrogen (secondary N) is 1. The van der Waals surface area contributed by atoms with Gasteiger partial charge in [0.25, 0.3) is 5.91 Å². The first-order chi connectivity index (χ1) is 12.9. The van der Waals surface area contributed by atoms with E-state index in [0.717, 1.165) is 11.3 Å². The second kappa shape index (κ2) is 6.81. The Morgan fingerprint density at radius 2 is 2.37 bits per heavy atom. The number of fused-ring (bicyclic) bond motifs is 1. The van der Waals surface area contributed by atoms with E-state index in [1.807, 2.05) is 0 Å². The number of alkyl halides is 1. The minimum Gasteiger partial charge on any atom is -0.342 e. The van der Waals surface area contributed by atoms with Crippen LogP contribution in [0.3, 0.4) is 0 Å². The molecule has 1 saturated carbocycles. The van der Waals surface area contributed by atoms with Crippen molar-refractivity contribution in [1.82, 2.24) is 24.9 Å². The van der Waals surface area contributed by atoms with Gasteiger partial charge in [0.2, 0.25) is 0 Å². The number of thiazole rings is 1. The molecule has 10 heteroatoms. The molecule has 1 amide bonds. The van der Waals surface area contributed by atoms with E-state index in [9.17, 15) is 9.18 Å². The lowest BCUT2D eigenvalue weighted by Gasteiger charge is -2.39. The number of amides is 1. The van der Waals surface area contributed by atoms with Crippen LogP contribution in [0.5, 0.6) is 0 Å². The number of hydrogen-bond acceptors (Lipinski definition) is 6. The van der Waals surface area contributed by atoms with Gasteiger partial charge in [-0.25, -0.2) is 18.9 Å². The van der Waals surface area contributed by atoms with Crippen molar-refractivity contribution in [2.24, 2.45) is 5.73 Å². The van der Waals surface area contributed by atoms with Gasteiger partial charge >= 0.3 is 0 Å². The maximum atomic E-state index is 14.8. The van der Waals surface area contributed by atoms with Crippen LogP contribution in [-0.4, -0.2) is 43.2 Å². The number of imidazole rings is 1. The molecule has 7 nitrogen and oxygen atoms in total. The molecule has 3 aromatic rings. The van der Waals surface area contributed by atoms with Crippen LogP contribution in [0.1, 0.15) is 36.0 Å². The van der Waals surface area contributed by atoms with Gasteiger partial charge in [-0.05, 0) is 38.3 Å². The smallest absolute Gasteiger partial charge is 0.280 e. The Kier molecular flexibility index (Phi) is 4.61. The molecule has 0 aromatic carbocycles. The average Bonchev–Trinajstić information content (AvgIpc) is 3.21. The van der Waals surface area contributed by atoms with Gasteiger partial charge in [-0.2, -0.15) is 5.10 Å². The van der Waals surface area contributed by atoms with Crippen LogP contribution >= 0.6 is 22.9 Å². The van der Waals surface area contributed by atoms with Crippen molar-refractivity contribution in [2.45, 2.75) is 43.9 Å². The SMILES string of the molecule is CC1(F)CCCC(N)C1NC(=O)c1nc(-c2cnc3cccnn23)c(Cl)s1. The summed E-state index contributed by atoms with van der Waals surface area (Å²) >= 11 is 7.35. The van der Waals surface area contributed by atoms with Gasteiger partial charge in [0.05, 0.1) is 12.2 Å². The molecule has 4 rings (SSSR count). The van der Waals surface area contributed by atoms with Crippen LogP contribution in [-0.2, 0) is 0 Å². The fraction of sp³-hybridized carbons (Fsp3) is 0.412. The van der Waals surface area contributed by atoms with Crippen LogP contribution < -0.4 is 11.1 Å². The average molecular weight is 409 g/mol. The van der Waals surface area contributed by atoms with Crippen molar-refractivity contribution in [1.29, 1.82) is 0 Å². The first kappa shape index (κ1) is 18.3. The summed E-state index contributed by atoms with van der Waals surface area (Å²) in [6.07, 6.45) is 4.96. The van der Waals surface area contributed by atoms with E-state index >= 15 is 0 Å². The molecule has 0 aliphatic heterocycles. The van der Waals surface area contributed by atoms with E-state index in [4.69, 9.17) is 17.3 Å². The zero-order chi connectivity index (χ0) is 19.2. The predicted molar refractivity (Wildman–Crippen MR) is 102 cm³/mol. The maximum absolute atomic E-state index is 14.8. The summed E-state index contributed by atoms with van der Waals surface area (Å²) < 4.78 is 16.7. The second-order valence-corrected chi connectivity index (χ2v) is 8.46. The molecule has 0 saturated heterocycles. The highest BCUT2D eigenvalue weighted by Gasteiger charge is 2.42. The standard InChI is InChI=1S/C17H18ClFN6OS/c1-17(19)6-2-4-9(20)13(17)24-15(26)16-23-12(14(18)27-16)10-8-21-11-5-3-7-22-25(10)11/h3,5,7-9,13H,2,4,6,20H2,1H3,(H,24,26). The summed E-state index contributed by atoms with van der Waals surface area (Å²) in [5.74, 6) is -0.485. The Balaban J connectivity index is 1.62. The van der Waals surface area contributed by atoms with Crippen molar-refractivity contribution >= 4 is 34.5 Å². The normalized spacial score (nSPS) is 25.6. The Labute approximate surface area is 163 Å². The molecule has 3 N–H and O–H groups in total. The van der Waals surface area contributed by atoms with Gasteiger partial charge in [0.15, 0.2) is 10.7 Å². The maximum Gasteiger partial charge on any atom is 0.280 e. The van der Waals surface area contributed by atoms with E-state index < -0.39 is 23.7 Å². The summed E-state index contributed by atoms with van der Waals surface area (Å²) in [4.78, 5) is 21.3. The van der Waals surface area contributed by atoms with Crippen molar-refractivity contribution in [2.75, 3.05) is 0 Å². The van der Waals surface area contributed by atoms with Crippen molar-refractivity contribution in [3.05, 3.63) is 33.9 Å². The predicted octanol–water partition coefficient (Wildman–Crippen LogP) is 2.84. The fourth-order valence-electron chi connectivity index (χ4n) is 3.46. The molecular formula is C17H18ClFN6OS. The number of rotatable bonds is 3. The largest absolute Gasteiger partial charge is 0.342 e. The first-order valence-corrected chi connectivity index (χ1v) is 9.77. The Morgan fingerprint density at radius 3 is 3.15 bits per heavy atom. The minimum absolute atomic E-state index is 0.148. The highest BCUT2D eigenvalue weighted by molar-refractivity contribution is 7.18. The number of halogens is 2. The zero-order valence-corrected chi connectivity index (χ0v) is 16.1. The van der Waals surface area contributed by atoms with Gasteiger partial charge in [-0.15, -0.1) is 0 Å². The van der Waals surface area contributed by atoms with Crippen molar-refractivity contribution in [3.8, 4) is 11.4 Å². The molecule has 0 radical (unpaired) electrons. The Morgan fingerprint density at radius 1 is 1.56 bits per heavy atom. The molecule has 0 bridgehead atoms. The quantitative estimate of drug-likeness (QED) is 0.694. The zero-order valence-electron chi connectivity index (χ0n) is 14.5. The Hall–Kier alpha value is -2.10. The lowest BCUT2D eigenvalue weighted by atomic mass is 9.80. The summed E-state index contributed by atoms with van der Waals surface area (Å²) in [5.41, 5.74) is 6.12. The molecule has 0 spiro atoms. The van der Waals surface area contributed by atoms with Crippen molar-refractivity contribution < 1.29 is 9.18 Å². The molecule has 142 valence electrons. The molecule has 3 aromatic heterocycles. The molecule has 1 aliphatic carbocycles. The monoisotopic (exact) mass is 408 g/mol. The highest BCUT2D eigenvalue weighted by Crippen LogP contribution is 2.34. The van der Waals surface area contributed by atoms with Gasteiger partial charge in [0, 0.05) is 12.2 Å². The van der Waals surface area contributed by atoms with Crippen molar-refractivity contribution in [3.63, 3.8) is 0 Å². The number of aromatic nitrogens is 4. The van der Waals surface area contributed by atoms with Crippen LogP contribution in [0.4, 0.5) is 4.39 Å². The summed E-state index contributed by atoms with van der Waals surface area (Å²) in [7, 11) is 0. The summed E-state index contributed by atoms with van der Waals surface area (Å²) in [5, 5.41) is 7.09. The number of nitrogens with zero attached hydrogens (tertiary/aromatic N) is 4. The van der Waals surface area contributed by atoms with E-state index in [0.29, 0.717) is 40.6 Å². The highest BCUT2D eigenvalue weighted by atomic mass is 35.5. The molecular weight excluding hydrogens is 391 g/mol. The summed E-state index contributed by atoms with van der Waals surface area (Å²) in [6.45, 7) is 1.47.